The molecule has 2 aliphatic heterocycles. The second-order valence-electron chi connectivity index (χ2n) is 8.06. The minimum Gasteiger partial charge on any atom is -0.358 e. The molecule has 2 amide bonds. The lowest BCUT2D eigenvalue weighted by Gasteiger charge is -2.42. The van der Waals surface area contributed by atoms with Gasteiger partial charge >= 0.3 is 0 Å². The highest BCUT2D eigenvalue weighted by Gasteiger charge is 2.33. The maximum Gasteiger partial charge on any atom is 0.239 e. The summed E-state index contributed by atoms with van der Waals surface area (Å²) in [7, 11) is 3.33. The maximum absolute atomic E-state index is 12.7. The zero-order valence-electron chi connectivity index (χ0n) is 17.1. The van der Waals surface area contributed by atoms with E-state index in [-0.39, 0.29) is 24.3 Å². The van der Waals surface area contributed by atoms with Gasteiger partial charge in [0.15, 0.2) is 0 Å². The van der Waals surface area contributed by atoms with Gasteiger partial charge in [0.05, 0.1) is 12.5 Å². The van der Waals surface area contributed by atoms with E-state index in [0.717, 1.165) is 58.4 Å². The van der Waals surface area contributed by atoms with Crippen LogP contribution in [0.5, 0.6) is 0 Å². The van der Waals surface area contributed by atoms with E-state index in [1.807, 2.05) is 12.4 Å². The highest BCUT2D eigenvalue weighted by atomic mass is 16.2. The average Bonchev–Trinajstić information content (AvgIpc) is 2.74. The first-order valence-corrected chi connectivity index (χ1v) is 10.4. The van der Waals surface area contributed by atoms with Gasteiger partial charge in [0.25, 0.3) is 0 Å². The van der Waals surface area contributed by atoms with E-state index in [2.05, 4.69) is 32.2 Å². The monoisotopic (exact) mass is 387 g/mol. The molecule has 7 heteroatoms. The van der Waals surface area contributed by atoms with Gasteiger partial charge in [-0.3, -0.25) is 24.4 Å². The molecule has 28 heavy (non-hydrogen) atoms. The number of nitrogens with zero attached hydrogens (tertiary/aromatic N) is 4. The van der Waals surface area contributed by atoms with Crippen LogP contribution < -0.4 is 5.32 Å². The van der Waals surface area contributed by atoms with E-state index in [1.165, 1.54) is 5.56 Å². The largest absolute Gasteiger partial charge is 0.358 e. The van der Waals surface area contributed by atoms with E-state index in [9.17, 15) is 9.59 Å². The number of hydrogen-bond donors (Lipinski definition) is 1. The number of carbonyl (C=O) groups excluding carboxylic acids is 2. The molecule has 2 fully saturated rings. The van der Waals surface area contributed by atoms with Gasteiger partial charge in [0.1, 0.15) is 0 Å². The van der Waals surface area contributed by atoms with Crippen LogP contribution in [-0.4, -0.2) is 84.4 Å². The molecule has 7 nitrogen and oxygen atoms in total. The van der Waals surface area contributed by atoms with Crippen LogP contribution in [0.15, 0.2) is 24.5 Å². The lowest BCUT2D eigenvalue weighted by Crippen LogP contribution is -2.51. The lowest BCUT2D eigenvalue weighted by atomic mass is 9.93. The standard InChI is InChI=1S/C21H33N5O2/c1-22-20(27)16-24(2)21(28)18-4-3-11-26(15-18)19-7-12-25(13-8-19)14-17-5-9-23-10-6-17/h5-6,9-10,18-19H,3-4,7-8,11-16H2,1-2H3,(H,22,27). The molecule has 1 unspecified atom stereocenters. The Morgan fingerprint density at radius 2 is 1.89 bits per heavy atom. The summed E-state index contributed by atoms with van der Waals surface area (Å²) in [5.74, 6) is -0.00763. The van der Waals surface area contributed by atoms with Crippen molar-refractivity contribution < 1.29 is 9.59 Å². The molecule has 1 N–H and O–H groups in total. The normalized spacial score (nSPS) is 22.0. The minimum atomic E-state index is -0.120. The molecule has 0 saturated carbocycles. The Morgan fingerprint density at radius 1 is 1.18 bits per heavy atom. The third-order valence-electron chi connectivity index (χ3n) is 6.07. The Kier molecular flexibility index (Phi) is 7.39. The number of piperidine rings is 2. The van der Waals surface area contributed by atoms with E-state index in [0.29, 0.717) is 6.04 Å². The highest BCUT2D eigenvalue weighted by Crippen LogP contribution is 2.25. The molecular formula is C21H33N5O2. The molecule has 0 radical (unpaired) electrons. The summed E-state index contributed by atoms with van der Waals surface area (Å²) in [5.41, 5.74) is 1.32. The van der Waals surface area contributed by atoms with E-state index < -0.39 is 0 Å². The summed E-state index contributed by atoms with van der Waals surface area (Å²) in [6, 6.07) is 4.73. The van der Waals surface area contributed by atoms with Crippen LogP contribution >= 0.6 is 0 Å². The second-order valence-corrected chi connectivity index (χ2v) is 8.06. The fraction of sp³-hybridized carbons (Fsp3) is 0.667. The maximum atomic E-state index is 12.7. The van der Waals surface area contributed by atoms with Gasteiger partial charge < -0.3 is 10.2 Å². The zero-order chi connectivity index (χ0) is 19.9. The van der Waals surface area contributed by atoms with Crippen molar-refractivity contribution in [1.29, 1.82) is 0 Å². The third-order valence-corrected chi connectivity index (χ3v) is 6.07. The van der Waals surface area contributed by atoms with Crippen LogP contribution in [-0.2, 0) is 16.1 Å². The molecule has 2 aliphatic rings. The lowest BCUT2D eigenvalue weighted by molar-refractivity contribution is -0.139. The number of nitrogens with one attached hydrogen (secondary N) is 1. The van der Waals surface area contributed by atoms with Gasteiger partial charge in [-0.25, -0.2) is 0 Å². The average molecular weight is 388 g/mol. The first-order valence-electron chi connectivity index (χ1n) is 10.4. The molecule has 1 atom stereocenters. The van der Waals surface area contributed by atoms with E-state index >= 15 is 0 Å². The van der Waals surface area contributed by atoms with E-state index in [1.54, 1.807) is 19.0 Å². The van der Waals surface area contributed by atoms with Crippen molar-refractivity contribution >= 4 is 11.8 Å². The molecule has 0 aliphatic carbocycles. The zero-order valence-corrected chi connectivity index (χ0v) is 17.1. The van der Waals surface area contributed by atoms with Crippen LogP contribution in [0.25, 0.3) is 0 Å². The molecule has 0 bridgehead atoms. The SMILES string of the molecule is CNC(=O)CN(C)C(=O)C1CCCN(C2CCN(Cc3ccncc3)CC2)C1. The number of aromatic nitrogens is 1. The predicted octanol–water partition coefficient (Wildman–Crippen LogP) is 0.962. The summed E-state index contributed by atoms with van der Waals surface area (Å²) in [5, 5.41) is 2.58. The smallest absolute Gasteiger partial charge is 0.239 e. The summed E-state index contributed by atoms with van der Waals surface area (Å²) < 4.78 is 0. The third kappa shape index (κ3) is 5.52. The van der Waals surface area contributed by atoms with E-state index in [4.69, 9.17) is 0 Å². The number of rotatable bonds is 6. The van der Waals surface area contributed by atoms with Crippen LogP contribution in [0.2, 0.25) is 0 Å². The Morgan fingerprint density at radius 3 is 2.57 bits per heavy atom. The number of hydrogen-bond acceptors (Lipinski definition) is 5. The van der Waals surface area contributed by atoms with Crippen molar-refractivity contribution in [2.75, 3.05) is 46.8 Å². The molecule has 0 aromatic carbocycles. The molecule has 3 heterocycles. The van der Waals surface area contributed by atoms with Gasteiger partial charge in [0.2, 0.25) is 11.8 Å². The topological polar surface area (TPSA) is 68.8 Å². The van der Waals surface area contributed by atoms with Gasteiger partial charge in [-0.2, -0.15) is 0 Å². The van der Waals surface area contributed by atoms with Crippen LogP contribution in [0.3, 0.4) is 0 Å². The Balaban J connectivity index is 1.47. The second kappa shape index (κ2) is 9.98. The molecule has 154 valence electrons. The number of amides is 2. The number of likely N-dealkylation sites (tertiary alicyclic amines) is 2. The van der Waals surface area contributed by atoms with Crippen LogP contribution in [0.1, 0.15) is 31.2 Å². The van der Waals surface area contributed by atoms with Gasteiger partial charge in [-0.1, -0.05) is 0 Å². The molecule has 3 rings (SSSR count). The highest BCUT2D eigenvalue weighted by molar-refractivity contribution is 5.85. The van der Waals surface area contributed by atoms with Crippen molar-refractivity contribution in [3.63, 3.8) is 0 Å². The number of pyridine rings is 1. The molecular weight excluding hydrogens is 354 g/mol. The van der Waals surface area contributed by atoms with Crippen molar-refractivity contribution in [3.05, 3.63) is 30.1 Å². The van der Waals surface area contributed by atoms with Gasteiger partial charge in [-0.05, 0) is 63.0 Å². The van der Waals surface area contributed by atoms with Crippen LogP contribution in [0, 0.1) is 5.92 Å². The first kappa shape index (κ1) is 20.7. The Hall–Kier alpha value is -1.99. The van der Waals surface area contributed by atoms with Crippen LogP contribution in [0.4, 0.5) is 0 Å². The van der Waals surface area contributed by atoms with Gasteiger partial charge in [-0.15, -0.1) is 0 Å². The van der Waals surface area contributed by atoms with Crippen molar-refractivity contribution in [1.82, 2.24) is 25.0 Å². The van der Waals surface area contributed by atoms with Gasteiger partial charge in [0, 0.05) is 45.6 Å². The number of likely N-dealkylation sites (N-methyl/N-ethyl adjacent to an activating group) is 2. The Bertz CT molecular complexity index is 645. The molecule has 1 aromatic rings. The molecule has 2 saturated heterocycles. The fourth-order valence-electron chi connectivity index (χ4n) is 4.41. The first-order chi connectivity index (χ1) is 13.6. The van der Waals surface area contributed by atoms with Crippen molar-refractivity contribution in [2.45, 2.75) is 38.3 Å². The summed E-state index contributed by atoms with van der Waals surface area (Å²) >= 11 is 0. The summed E-state index contributed by atoms with van der Waals surface area (Å²) in [6.07, 6.45) is 8.00. The predicted molar refractivity (Wildman–Crippen MR) is 109 cm³/mol. The summed E-state index contributed by atoms with van der Waals surface area (Å²) in [4.78, 5) is 35.0. The Labute approximate surface area is 168 Å². The fourth-order valence-corrected chi connectivity index (χ4v) is 4.41. The molecule has 1 aromatic heterocycles. The number of carbonyl (C=O) groups is 2. The van der Waals surface area contributed by atoms with Crippen molar-refractivity contribution in [3.8, 4) is 0 Å². The van der Waals surface area contributed by atoms with Crippen molar-refractivity contribution in [2.24, 2.45) is 5.92 Å². The quantitative estimate of drug-likeness (QED) is 0.788. The molecule has 0 spiro atoms. The minimum absolute atomic E-state index is 0.0123. The summed E-state index contributed by atoms with van der Waals surface area (Å²) in [6.45, 7) is 5.22.